The van der Waals surface area contributed by atoms with E-state index in [2.05, 4.69) is 22.2 Å². The van der Waals surface area contributed by atoms with Crippen LogP contribution in [0.15, 0.2) is 12.3 Å². The van der Waals surface area contributed by atoms with Gasteiger partial charge in [0.25, 0.3) is 0 Å². The molecule has 0 amide bonds. The van der Waals surface area contributed by atoms with Gasteiger partial charge in [-0.05, 0) is 18.4 Å². The molecule has 0 radical (unpaired) electrons. The normalized spacial score (nSPS) is 25.6. The molecule has 2 rings (SSSR count). The summed E-state index contributed by atoms with van der Waals surface area (Å²) in [5, 5.41) is 3.26. The lowest BCUT2D eigenvalue weighted by atomic mass is 10.3. The minimum Gasteiger partial charge on any atom is -0.384 e. The summed E-state index contributed by atoms with van der Waals surface area (Å²) in [6, 6.07) is 2.25. The van der Waals surface area contributed by atoms with Gasteiger partial charge in [0, 0.05) is 12.2 Å². The third kappa shape index (κ3) is 1.88. The molecule has 1 saturated carbocycles. The molecule has 2 atom stereocenters. The maximum Gasteiger partial charge on any atom is 0.224 e. The van der Waals surface area contributed by atoms with Crippen molar-refractivity contribution in [2.45, 2.75) is 25.8 Å². The molecular formula is C9H14N4. The quantitative estimate of drug-likeness (QED) is 0.731. The number of nitrogens with one attached hydrogen (secondary N) is 1. The smallest absolute Gasteiger partial charge is 0.224 e. The highest BCUT2D eigenvalue weighted by atomic mass is 15.1. The van der Waals surface area contributed by atoms with E-state index in [4.69, 9.17) is 5.73 Å². The van der Waals surface area contributed by atoms with E-state index in [1.54, 1.807) is 12.3 Å². The second kappa shape index (κ2) is 3.20. The lowest BCUT2D eigenvalue weighted by Crippen LogP contribution is -2.08. The van der Waals surface area contributed by atoms with Crippen LogP contribution in [0.1, 0.15) is 19.8 Å². The Morgan fingerprint density at radius 2 is 2.54 bits per heavy atom. The van der Waals surface area contributed by atoms with Gasteiger partial charge in [0.1, 0.15) is 5.82 Å². The van der Waals surface area contributed by atoms with Crippen LogP contribution in [0.5, 0.6) is 0 Å². The summed E-state index contributed by atoms with van der Waals surface area (Å²) in [4.78, 5) is 8.16. The van der Waals surface area contributed by atoms with Crippen molar-refractivity contribution >= 4 is 11.8 Å². The molecule has 2 unspecified atom stereocenters. The van der Waals surface area contributed by atoms with E-state index in [-0.39, 0.29) is 0 Å². The standard InChI is InChI=1S/C9H14N4/c1-2-6-5-7(6)12-9-11-4-3-8(10)13-9/h3-4,6-7H,2,5H2,1H3,(H3,10,11,12,13). The lowest BCUT2D eigenvalue weighted by molar-refractivity contribution is 0.771. The maximum atomic E-state index is 5.53. The molecule has 0 aliphatic heterocycles. The van der Waals surface area contributed by atoms with E-state index in [0.717, 1.165) is 5.92 Å². The Bertz CT molecular complexity index is 299. The van der Waals surface area contributed by atoms with Crippen LogP contribution in [-0.2, 0) is 0 Å². The molecule has 0 aromatic carbocycles. The summed E-state index contributed by atoms with van der Waals surface area (Å²) in [5.74, 6) is 1.97. The van der Waals surface area contributed by atoms with Crippen LogP contribution in [0.25, 0.3) is 0 Å². The highest BCUT2D eigenvalue weighted by Gasteiger charge is 2.35. The lowest BCUT2D eigenvalue weighted by Gasteiger charge is -2.02. The summed E-state index contributed by atoms with van der Waals surface area (Å²) in [5.41, 5.74) is 5.53. The number of hydrogen-bond acceptors (Lipinski definition) is 4. The van der Waals surface area contributed by atoms with Gasteiger partial charge in [0.2, 0.25) is 5.95 Å². The van der Waals surface area contributed by atoms with Crippen molar-refractivity contribution in [3.8, 4) is 0 Å². The van der Waals surface area contributed by atoms with Crippen molar-refractivity contribution in [1.29, 1.82) is 0 Å². The Kier molecular flexibility index (Phi) is 2.04. The predicted octanol–water partition coefficient (Wildman–Crippen LogP) is 1.27. The number of anilines is 2. The van der Waals surface area contributed by atoms with Crippen LogP contribution in [0.2, 0.25) is 0 Å². The van der Waals surface area contributed by atoms with Gasteiger partial charge in [-0.2, -0.15) is 4.98 Å². The second-order valence-corrected chi connectivity index (χ2v) is 3.46. The zero-order valence-electron chi connectivity index (χ0n) is 7.70. The summed E-state index contributed by atoms with van der Waals surface area (Å²) in [6.45, 7) is 2.20. The van der Waals surface area contributed by atoms with Crippen molar-refractivity contribution in [2.75, 3.05) is 11.1 Å². The van der Waals surface area contributed by atoms with E-state index in [1.165, 1.54) is 12.8 Å². The number of aromatic nitrogens is 2. The van der Waals surface area contributed by atoms with E-state index < -0.39 is 0 Å². The first-order chi connectivity index (χ1) is 6.29. The molecule has 70 valence electrons. The number of nitrogens with two attached hydrogens (primary N) is 1. The summed E-state index contributed by atoms with van der Waals surface area (Å²) in [7, 11) is 0. The van der Waals surface area contributed by atoms with E-state index in [0.29, 0.717) is 17.8 Å². The summed E-state index contributed by atoms with van der Waals surface area (Å²) < 4.78 is 0. The minimum atomic E-state index is 0.520. The average Bonchev–Trinajstić information content (AvgIpc) is 2.83. The van der Waals surface area contributed by atoms with Crippen LogP contribution in [0.3, 0.4) is 0 Å². The van der Waals surface area contributed by atoms with Crippen molar-refractivity contribution in [3.63, 3.8) is 0 Å². The van der Waals surface area contributed by atoms with Crippen LogP contribution in [-0.4, -0.2) is 16.0 Å². The van der Waals surface area contributed by atoms with Crippen molar-refractivity contribution in [1.82, 2.24) is 9.97 Å². The first kappa shape index (κ1) is 8.29. The molecule has 3 N–H and O–H groups in total. The largest absolute Gasteiger partial charge is 0.384 e. The topological polar surface area (TPSA) is 63.8 Å². The van der Waals surface area contributed by atoms with Crippen molar-refractivity contribution in [2.24, 2.45) is 5.92 Å². The Hall–Kier alpha value is -1.32. The molecule has 13 heavy (non-hydrogen) atoms. The zero-order chi connectivity index (χ0) is 9.26. The molecule has 1 fully saturated rings. The van der Waals surface area contributed by atoms with Crippen LogP contribution >= 0.6 is 0 Å². The Balaban J connectivity index is 1.95. The van der Waals surface area contributed by atoms with Gasteiger partial charge in [0.05, 0.1) is 0 Å². The zero-order valence-corrected chi connectivity index (χ0v) is 7.70. The summed E-state index contributed by atoms with van der Waals surface area (Å²) >= 11 is 0. The summed E-state index contributed by atoms with van der Waals surface area (Å²) in [6.07, 6.45) is 4.13. The molecule has 0 spiro atoms. The van der Waals surface area contributed by atoms with Gasteiger partial charge < -0.3 is 11.1 Å². The highest BCUT2D eigenvalue weighted by molar-refractivity contribution is 5.37. The number of hydrogen-bond donors (Lipinski definition) is 2. The average molecular weight is 178 g/mol. The predicted molar refractivity (Wildman–Crippen MR) is 52.3 cm³/mol. The van der Waals surface area contributed by atoms with E-state index >= 15 is 0 Å². The molecule has 4 nitrogen and oxygen atoms in total. The fourth-order valence-corrected chi connectivity index (χ4v) is 1.48. The van der Waals surface area contributed by atoms with Crippen molar-refractivity contribution in [3.05, 3.63) is 12.3 Å². The van der Waals surface area contributed by atoms with Gasteiger partial charge in [-0.25, -0.2) is 4.98 Å². The maximum absolute atomic E-state index is 5.53. The molecule has 1 aromatic rings. The van der Waals surface area contributed by atoms with E-state index in [9.17, 15) is 0 Å². The molecule has 0 saturated heterocycles. The third-order valence-electron chi connectivity index (χ3n) is 2.44. The Morgan fingerprint density at radius 3 is 3.15 bits per heavy atom. The van der Waals surface area contributed by atoms with Gasteiger partial charge in [0.15, 0.2) is 0 Å². The van der Waals surface area contributed by atoms with Crippen LogP contribution in [0, 0.1) is 5.92 Å². The molecule has 4 heteroatoms. The first-order valence-corrected chi connectivity index (χ1v) is 4.64. The van der Waals surface area contributed by atoms with Crippen LogP contribution in [0.4, 0.5) is 11.8 Å². The van der Waals surface area contributed by atoms with Gasteiger partial charge in [-0.3, -0.25) is 0 Å². The van der Waals surface area contributed by atoms with E-state index in [1.807, 2.05) is 0 Å². The molecule has 1 aliphatic rings. The first-order valence-electron chi connectivity index (χ1n) is 4.64. The van der Waals surface area contributed by atoms with Gasteiger partial charge in [-0.15, -0.1) is 0 Å². The number of nitrogen functional groups attached to an aromatic ring is 1. The number of nitrogens with zero attached hydrogens (tertiary/aromatic N) is 2. The van der Waals surface area contributed by atoms with Gasteiger partial charge >= 0.3 is 0 Å². The molecular weight excluding hydrogens is 164 g/mol. The molecule has 1 heterocycles. The highest BCUT2D eigenvalue weighted by Crippen LogP contribution is 2.35. The fourth-order valence-electron chi connectivity index (χ4n) is 1.48. The van der Waals surface area contributed by atoms with Crippen molar-refractivity contribution < 1.29 is 0 Å². The minimum absolute atomic E-state index is 0.520. The Morgan fingerprint density at radius 1 is 1.69 bits per heavy atom. The molecule has 1 aliphatic carbocycles. The monoisotopic (exact) mass is 178 g/mol. The molecule has 1 aromatic heterocycles. The number of rotatable bonds is 3. The van der Waals surface area contributed by atoms with Crippen LogP contribution < -0.4 is 11.1 Å². The third-order valence-corrected chi connectivity index (χ3v) is 2.44. The second-order valence-electron chi connectivity index (χ2n) is 3.46. The molecule has 0 bridgehead atoms. The van der Waals surface area contributed by atoms with Gasteiger partial charge in [-0.1, -0.05) is 13.3 Å². The fraction of sp³-hybridized carbons (Fsp3) is 0.556. The SMILES string of the molecule is CCC1CC1Nc1nccc(N)n1. The Labute approximate surface area is 77.6 Å².